The number of ether oxygens (including phenoxy) is 5. The second-order valence-corrected chi connectivity index (χ2v) is 18.6. The highest BCUT2D eigenvalue weighted by atomic mass is 28.4. The van der Waals surface area contributed by atoms with E-state index in [4.69, 9.17) is 28.1 Å². The summed E-state index contributed by atoms with van der Waals surface area (Å²) in [4.78, 5) is 13.4. The Bertz CT molecular complexity index is 1630. The average Bonchev–Trinajstić information content (AvgIpc) is 3.45. The van der Waals surface area contributed by atoms with Crippen LogP contribution in [0.3, 0.4) is 0 Å². The van der Waals surface area contributed by atoms with Crippen LogP contribution in [0.1, 0.15) is 63.4 Å². The first-order chi connectivity index (χ1) is 24.5. The monoisotopic (exact) mass is 708 g/mol. The molecule has 4 aromatic rings. The van der Waals surface area contributed by atoms with Gasteiger partial charge in [0.1, 0.15) is 18.0 Å². The lowest BCUT2D eigenvalue weighted by Gasteiger charge is -2.43. The lowest BCUT2D eigenvalue weighted by molar-refractivity contribution is -0.153. The molecule has 2 unspecified atom stereocenters. The summed E-state index contributed by atoms with van der Waals surface area (Å²) in [6, 6.07) is 38.1. The van der Waals surface area contributed by atoms with Crippen LogP contribution in [0.15, 0.2) is 127 Å². The highest BCUT2D eigenvalue weighted by molar-refractivity contribution is 6.99. The van der Waals surface area contributed by atoms with Gasteiger partial charge in [-0.2, -0.15) is 0 Å². The number of carbonyl (C=O) groups is 1. The van der Waals surface area contributed by atoms with Crippen LogP contribution in [-0.2, 0) is 30.0 Å². The van der Waals surface area contributed by atoms with Crippen molar-refractivity contribution in [3.8, 4) is 5.75 Å². The molecule has 0 aromatic heterocycles. The summed E-state index contributed by atoms with van der Waals surface area (Å²) in [5, 5.41) is 2.28. The number of carbonyl (C=O) groups excluding carboxylic acids is 1. The molecular weight excluding hydrogens is 657 g/mol. The normalized spacial score (nSPS) is 18.1. The molecule has 0 spiro atoms. The highest BCUT2D eigenvalue weighted by Crippen LogP contribution is 2.38. The quantitative estimate of drug-likeness (QED) is 0.0508. The van der Waals surface area contributed by atoms with Gasteiger partial charge in [0.25, 0.3) is 8.32 Å². The van der Waals surface area contributed by atoms with Gasteiger partial charge in [-0.1, -0.05) is 118 Å². The summed E-state index contributed by atoms with van der Waals surface area (Å²) >= 11 is 0. The smallest absolute Gasteiger partial charge is 0.338 e. The van der Waals surface area contributed by atoms with Gasteiger partial charge in [-0.3, -0.25) is 0 Å². The predicted molar refractivity (Wildman–Crippen MR) is 204 cm³/mol. The average molecular weight is 709 g/mol. The molecule has 0 bridgehead atoms. The summed E-state index contributed by atoms with van der Waals surface area (Å²) in [7, 11) is -1.10. The molecule has 51 heavy (non-hydrogen) atoms. The van der Waals surface area contributed by atoms with Crippen LogP contribution in [0.5, 0.6) is 5.75 Å². The van der Waals surface area contributed by atoms with Crippen molar-refractivity contribution in [1.29, 1.82) is 0 Å². The van der Waals surface area contributed by atoms with E-state index in [-0.39, 0.29) is 11.1 Å². The molecule has 270 valence electrons. The molecule has 1 aliphatic heterocycles. The van der Waals surface area contributed by atoms with E-state index in [0.717, 1.165) is 11.3 Å². The number of rotatable bonds is 16. The fourth-order valence-electron chi connectivity index (χ4n) is 6.73. The molecule has 0 radical (unpaired) electrons. The summed E-state index contributed by atoms with van der Waals surface area (Å²) in [6.07, 6.45) is 3.45. The molecular formula is C43H52O7Si. The van der Waals surface area contributed by atoms with E-state index in [1.807, 2.05) is 80.6 Å². The van der Waals surface area contributed by atoms with Gasteiger partial charge < -0.3 is 28.1 Å². The largest absolute Gasteiger partial charge is 0.497 e. The second-order valence-electron chi connectivity index (χ2n) is 14.3. The van der Waals surface area contributed by atoms with Crippen molar-refractivity contribution in [2.75, 3.05) is 20.3 Å². The van der Waals surface area contributed by atoms with E-state index < -0.39 is 32.3 Å². The molecule has 1 fully saturated rings. The van der Waals surface area contributed by atoms with Crippen LogP contribution in [0.2, 0.25) is 5.04 Å². The highest BCUT2D eigenvalue weighted by Gasteiger charge is 2.51. The van der Waals surface area contributed by atoms with Crippen LogP contribution < -0.4 is 15.1 Å². The zero-order valence-electron chi connectivity index (χ0n) is 30.7. The summed E-state index contributed by atoms with van der Waals surface area (Å²) < 4.78 is 37.5. The van der Waals surface area contributed by atoms with Crippen molar-refractivity contribution in [3.05, 3.63) is 139 Å². The zero-order valence-corrected chi connectivity index (χ0v) is 31.7. The molecule has 4 aromatic carbocycles. The van der Waals surface area contributed by atoms with Crippen LogP contribution in [0.4, 0.5) is 0 Å². The maximum atomic E-state index is 13.4. The first-order valence-electron chi connectivity index (χ1n) is 17.8. The third kappa shape index (κ3) is 9.84. The van der Waals surface area contributed by atoms with E-state index in [1.54, 1.807) is 19.2 Å². The van der Waals surface area contributed by atoms with Gasteiger partial charge in [0.05, 0.1) is 32.0 Å². The van der Waals surface area contributed by atoms with Gasteiger partial charge in [0.2, 0.25) is 0 Å². The summed E-state index contributed by atoms with van der Waals surface area (Å²) in [5.74, 6) is -0.483. The molecule has 0 aliphatic carbocycles. The fourth-order valence-corrected chi connectivity index (χ4v) is 11.3. The van der Waals surface area contributed by atoms with Gasteiger partial charge in [-0.25, -0.2) is 4.79 Å². The second kappa shape index (κ2) is 17.4. The Kier molecular flexibility index (Phi) is 13.1. The maximum absolute atomic E-state index is 13.4. The first-order valence-corrected chi connectivity index (χ1v) is 19.7. The van der Waals surface area contributed by atoms with Crippen molar-refractivity contribution >= 4 is 24.7 Å². The number of hydrogen-bond acceptors (Lipinski definition) is 7. The van der Waals surface area contributed by atoms with E-state index in [0.29, 0.717) is 38.2 Å². The number of esters is 1. The third-order valence-corrected chi connectivity index (χ3v) is 14.2. The van der Waals surface area contributed by atoms with Crippen molar-refractivity contribution in [1.82, 2.24) is 0 Å². The fraction of sp³-hybridized carbons (Fsp3) is 0.372. The standard InChI is InChI=1S/C43H52O7Si/c1-42(2,3)51(36-20-12-8-13-21-36,37-22-14-9-15-23-37)47-31-29-39-40(50-43(4,5)49-39)38(48-41(44)34-18-10-7-11-19-34)24-16-17-30-46-32-33-25-27-35(45-6)28-26-33/h7-16,18-28,38-40H,17,29-32H2,1-6H3/b24-16-/t38?,39-,40?/m0/s1. The molecule has 5 rings (SSSR count). The van der Waals surface area contributed by atoms with E-state index in [9.17, 15) is 4.79 Å². The van der Waals surface area contributed by atoms with Gasteiger partial charge in [-0.15, -0.1) is 0 Å². The Morgan fingerprint density at radius 3 is 1.98 bits per heavy atom. The Labute approximate surface area is 304 Å². The zero-order chi connectivity index (χ0) is 36.3. The van der Waals surface area contributed by atoms with Crippen LogP contribution >= 0.6 is 0 Å². The number of benzene rings is 4. The SMILES string of the molecule is COc1ccc(COCC/C=C\C(OC(=O)c2ccccc2)C2OC(C)(C)O[C@H]2CCO[Si](c2ccccc2)(c2ccccc2)C(C)(C)C)cc1. The minimum absolute atomic E-state index is 0.159. The Balaban J connectivity index is 1.33. The maximum Gasteiger partial charge on any atom is 0.338 e. The molecule has 8 heteroatoms. The van der Waals surface area contributed by atoms with Crippen LogP contribution in [0, 0.1) is 0 Å². The Morgan fingerprint density at radius 2 is 1.41 bits per heavy atom. The van der Waals surface area contributed by atoms with E-state index in [2.05, 4.69) is 69.3 Å². The molecule has 1 saturated heterocycles. The first kappa shape index (κ1) is 38.2. The van der Waals surface area contributed by atoms with Gasteiger partial charge in [0, 0.05) is 6.61 Å². The van der Waals surface area contributed by atoms with Gasteiger partial charge >= 0.3 is 5.97 Å². The lowest BCUT2D eigenvalue weighted by Crippen LogP contribution is -2.66. The summed E-state index contributed by atoms with van der Waals surface area (Å²) in [5.41, 5.74) is 1.54. The van der Waals surface area contributed by atoms with Crippen molar-refractivity contribution < 1.29 is 32.9 Å². The molecule has 0 saturated carbocycles. The van der Waals surface area contributed by atoms with Crippen LogP contribution in [-0.4, -0.2) is 58.7 Å². The minimum atomic E-state index is -2.76. The number of methoxy groups -OCH3 is 1. The molecule has 1 aliphatic rings. The molecule has 7 nitrogen and oxygen atoms in total. The van der Waals surface area contributed by atoms with Gasteiger partial charge in [0.15, 0.2) is 5.79 Å². The molecule has 1 heterocycles. The van der Waals surface area contributed by atoms with Crippen molar-refractivity contribution in [2.45, 2.75) is 83.2 Å². The topological polar surface area (TPSA) is 72.5 Å². The Morgan fingerprint density at radius 1 is 0.824 bits per heavy atom. The lowest BCUT2D eigenvalue weighted by atomic mass is 10.0. The molecule has 0 N–H and O–H groups in total. The predicted octanol–water partition coefficient (Wildman–Crippen LogP) is 7.87. The van der Waals surface area contributed by atoms with E-state index >= 15 is 0 Å². The minimum Gasteiger partial charge on any atom is -0.497 e. The summed E-state index contributed by atoms with van der Waals surface area (Å²) in [6.45, 7) is 12.0. The van der Waals surface area contributed by atoms with Gasteiger partial charge in [-0.05, 0) is 78.0 Å². The van der Waals surface area contributed by atoms with Crippen molar-refractivity contribution in [3.63, 3.8) is 0 Å². The third-order valence-electron chi connectivity index (χ3n) is 9.12. The number of hydrogen-bond donors (Lipinski definition) is 0. The Hall–Kier alpha value is -4.05. The van der Waals surface area contributed by atoms with Crippen molar-refractivity contribution in [2.24, 2.45) is 0 Å². The van der Waals surface area contributed by atoms with E-state index in [1.165, 1.54) is 10.4 Å². The van der Waals surface area contributed by atoms with Crippen LogP contribution in [0.25, 0.3) is 0 Å². The molecule has 0 amide bonds. The molecule has 3 atom stereocenters.